The Labute approximate surface area is 217 Å². The van der Waals surface area contributed by atoms with Gasteiger partial charge < -0.3 is 25.2 Å². The van der Waals surface area contributed by atoms with Crippen LogP contribution in [0.4, 0.5) is 22.7 Å². The van der Waals surface area contributed by atoms with Crippen molar-refractivity contribution in [2.75, 3.05) is 41.3 Å². The van der Waals surface area contributed by atoms with E-state index in [0.29, 0.717) is 5.92 Å². The van der Waals surface area contributed by atoms with E-state index in [1.54, 1.807) is 12.1 Å². The molecule has 2 heterocycles. The van der Waals surface area contributed by atoms with Gasteiger partial charge in [-0.1, -0.05) is 37.5 Å². The van der Waals surface area contributed by atoms with Gasteiger partial charge in [-0.15, -0.1) is 0 Å². The highest BCUT2D eigenvalue weighted by atomic mass is 16.3. The second kappa shape index (κ2) is 10.2. The summed E-state index contributed by atoms with van der Waals surface area (Å²) in [7, 11) is 0. The van der Waals surface area contributed by atoms with Crippen LogP contribution in [0.2, 0.25) is 0 Å². The Kier molecular flexibility index (Phi) is 6.51. The van der Waals surface area contributed by atoms with Crippen molar-refractivity contribution >= 4 is 33.8 Å². The molecule has 37 heavy (non-hydrogen) atoms. The molecule has 3 aromatic carbocycles. The zero-order chi connectivity index (χ0) is 25.2. The third kappa shape index (κ3) is 5.03. The Hall–Kier alpha value is -3.87. The summed E-state index contributed by atoms with van der Waals surface area (Å²) in [6.45, 7) is 4.30. The number of anilines is 4. The predicted octanol–water partition coefficient (Wildman–Crippen LogP) is 5.69. The van der Waals surface area contributed by atoms with Crippen molar-refractivity contribution in [1.82, 2.24) is 9.55 Å². The zero-order valence-corrected chi connectivity index (χ0v) is 21.2. The Balaban J connectivity index is 1.32. The molecule has 7 heteroatoms. The number of aromatic hydroxyl groups is 1. The predicted molar refractivity (Wildman–Crippen MR) is 151 cm³/mol. The molecule has 2 aliphatic rings. The number of aromatic nitrogens is 2. The molecule has 0 unspecified atom stereocenters. The normalized spacial score (nSPS) is 16.9. The summed E-state index contributed by atoms with van der Waals surface area (Å²) in [5.74, 6) is 0.864. The van der Waals surface area contributed by atoms with Gasteiger partial charge in [0, 0.05) is 44.1 Å². The number of nitrogens with one attached hydrogen (secondary N) is 2. The number of para-hydroxylation sites is 1. The van der Waals surface area contributed by atoms with Crippen LogP contribution in [0.5, 0.6) is 5.75 Å². The van der Waals surface area contributed by atoms with E-state index in [4.69, 9.17) is 0 Å². The molecule has 192 valence electrons. The molecular formula is C30H35N5O2. The first-order chi connectivity index (χ1) is 18.1. The first kappa shape index (κ1) is 23.5. The minimum atomic E-state index is -0.0134. The van der Waals surface area contributed by atoms with Gasteiger partial charge in [0.1, 0.15) is 5.75 Å². The van der Waals surface area contributed by atoms with E-state index < -0.39 is 0 Å². The van der Waals surface area contributed by atoms with Crippen LogP contribution in [0.15, 0.2) is 71.5 Å². The number of hydrogen-bond acceptors (Lipinski definition) is 5. The largest absolute Gasteiger partial charge is 0.508 e. The average molecular weight is 498 g/mol. The summed E-state index contributed by atoms with van der Waals surface area (Å²) < 4.78 is 1.97. The van der Waals surface area contributed by atoms with Crippen molar-refractivity contribution in [3.63, 3.8) is 0 Å². The molecule has 0 radical (unpaired) electrons. The van der Waals surface area contributed by atoms with E-state index >= 15 is 0 Å². The highest BCUT2D eigenvalue weighted by Gasteiger charge is 2.23. The number of phenols is 1. The molecule has 0 bridgehead atoms. The molecular weight excluding hydrogens is 462 g/mol. The van der Waals surface area contributed by atoms with Crippen LogP contribution in [-0.2, 0) is 6.54 Å². The lowest BCUT2D eigenvalue weighted by atomic mass is 9.89. The molecule has 1 aliphatic heterocycles. The van der Waals surface area contributed by atoms with Gasteiger partial charge >= 0.3 is 5.69 Å². The second-order valence-corrected chi connectivity index (χ2v) is 10.4. The fourth-order valence-electron chi connectivity index (χ4n) is 5.91. The third-order valence-corrected chi connectivity index (χ3v) is 7.95. The summed E-state index contributed by atoms with van der Waals surface area (Å²) in [6.07, 6.45) is 6.26. The van der Waals surface area contributed by atoms with Gasteiger partial charge in [-0.25, -0.2) is 4.79 Å². The minimum Gasteiger partial charge on any atom is -0.508 e. The zero-order valence-electron chi connectivity index (χ0n) is 21.2. The van der Waals surface area contributed by atoms with Crippen LogP contribution < -0.4 is 20.8 Å². The maximum Gasteiger partial charge on any atom is 0.326 e. The lowest BCUT2D eigenvalue weighted by Crippen LogP contribution is -2.46. The standard InChI is InChI=1S/C30H35N5O2/c36-25-13-11-24(12-14-25)33-15-17-34(18-16-33)28-20-29-27(19-26(28)31-23-9-5-2-6-10-23)32-30(37)35(29)21-22-7-3-1-4-8-22/h2,5-6,9-14,19-20,22,31,36H,1,3-4,7-8,15-18,21H2,(H,32,37). The first-order valence-electron chi connectivity index (χ1n) is 13.5. The van der Waals surface area contributed by atoms with Crippen LogP contribution in [0.3, 0.4) is 0 Å². The highest BCUT2D eigenvalue weighted by molar-refractivity contribution is 5.90. The number of nitrogens with zero attached hydrogens (tertiary/aromatic N) is 3. The van der Waals surface area contributed by atoms with Gasteiger partial charge in [0.15, 0.2) is 0 Å². The van der Waals surface area contributed by atoms with Crippen molar-refractivity contribution in [3.05, 3.63) is 77.2 Å². The number of H-pyrrole nitrogens is 1. The van der Waals surface area contributed by atoms with Gasteiger partial charge in [-0.2, -0.15) is 0 Å². The Bertz CT molecular complexity index is 1400. The summed E-state index contributed by atoms with van der Waals surface area (Å²) >= 11 is 0. The van der Waals surface area contributed by atoms with Gasteiger partial charge in [0.05, 0.1) is 22.4 Å². The quantitative estimate of drug-likeness (QED) is 0.319. The summed E-state index contributed by atoms with van der Waals surface area (Å²) in [4.78, 5) is 20.9. The summed E-state index contributed by atoms with van der Waals surface area (Å²) in [5, 5.41) is 13.3. The molecule has 1 aromatic heterocycles. The van der Waals surface area contributed by atoms with Crippen molar-refractivity contribution in [3.8, 4) is 5.75 Å². The molecule has 1 saturated carbocycles. The van der Waals surface area contributed by atoms with E-state index in [-0.39, 0.29) is 11.4 Å². The molecule has 7 nitrogen and oxygen atoms in total. The SMILES string of the molecule is O=c1[nH]c2cc(Nc3ccccc3)c(N3CCN(c4ccc(O)cc4)CC3)cc2n1CC1CCCCC1. The van der Waals surface area contributed by atoms with E-state index in [9.17, 15) is 9.90 Å². The Morgan fingerprint density at radius 1 is 0.865 bits per heavy atom. The number of benzene rings is 3. The number of fused-ring (bicyclic) bond motifs is 1. The number of phenolic OH excluding ortho intramolecular Hbond substituents is 1. The average Bonchev–Trinajstić information content (AvgIpc) is 3.23. The second-order valence-electron chi connectivity index (χ2n) is 10.4. The lowest BCUT2D eigenvalue weighted by Gasteiger charge is -2.38. The van der Waals surface area contributed by atoms with Crippen molar-refractivity contribution in [2.45, 2.75) is 38.6 Å². The number of hydrogen-bond donors (Lipinski definition) is 3. The van der Waals surface area contributed by atoms with Crippen molar-refractivity contribution in [2.24, 2.45) is 5.92 Å². The number of imidazole rings is 1. The van der Waals surface area contributed by atoms with Gasteiger partial charge in [-0.3, -0.25) is 4.57 Å². The number of rotatable bonds is 6. The Morgan fingerprint density at radius 2 is 1.57 bits per heavy atom. The third-order valence-electron chi connectivity index (χ3n) is 7.95. The lowest BCUT2D eigenvalue weighted by molar-refractivity contribution is 0.319. The first-order valence-corrected chi connectivity index (χ1v) is 13.5. The fourth-order valence-corrected chi connectivity index (χ4v) is 5.91. The molecule has 0 amide bonds. The van der Waals surface area contributed by atoms with E-state index in [1.807, 2.05) is 34.9 Å². The van der Waals surface area contributed by atoms with E-state index in [0.717, 1.165) is 66.5 Å². The van der Waals surface area contributed by atoms with Crippen LogP contribution in [-0.4, -0.2) is 40.8 Å². The van der Waals surface area contributed by atoms with Crippen LogP contribution in [0.25, 0.3) is 11.0 Å². The molecule has 1 saturated heterocycles. The summed E-state index contributed by atoms with van der Waals surface area (Å²) in [6, 6.07) is 21.9. The molecule has 6 rings (SSSR count). The van der Waals surface area contributed by atoms with Crippen LogP contribution in [0, 0.1) is 5.92 Å². The van der Waals surface area contributed by atoms with Gasteiger partial charge in [0.25, 0.3) is 0 Å². The fraction of sp³-hybridized carbons (Fsp3) is 0.367. The molecule has 1 aliphatic carbocycles. The number of aromatic amines is 1. The molecule has 2 fully saturated rings. The van der Waals surface area contributed by atoms with Crippen molar-refractivity contribution < 1.29 is 5.11 Å². The molecule has 0 spiro atoms. The summed E-state index contributed by atoms with van der Waals surface area (Å²) in [5.41, 5.74) is 6.13. The minimum absolute atomic E-state index is 0.0134. The smallest absolute Gasteiger partial charge is 0.326 e. The Morgan fingerprint density at radius 3 is 2.30 bits per heavy atom. The van der Waals surface area contributed by atoms with Crippen molar-refractivity contribution in [1.29, 1.82) is 0 Å². The monoisotopic (exact) mass is 497 g/mol. The van der Waals surface area contributed by atoms with Gasteiger partial charge in [-0.05, 0) is 67.3 Å². The molecule has 3 N–H and O–H groups in total. The highest BCUT2D eigenvalue weighted by Crippen LogP contribution is 2.35. The van der Waals surface area contributed by atoms with E-state index in [2.05, 4.69) is 44.4 Å². The number of piperazine rings is 1. The maximum absolute atomic E-state index is 13.0. The van der Waals surface area contributed by atoms with Crippen LogP contribution in [0.1, 0.15) is 32.1 Å². The maximum atomic E-state index is 13.0. The van der Waals surface area contributed by atoms with Gasteiger partial charge in [0.2, 0.25) is 0 Å². The molecule has 0 atom stereocenters. The van der Waals surface area contributed by atoms with E-state index in [1.165, 1.54) is 32.1 Å². The topological polar surface area (TPSA) is 76.5 Å². The van der Waals surface area contributed by atoms with Crippen LogP contribution >= 0.6 is 0 Å². The molecule has 4 aromatic rings.